The van der Waals surface area contributed by atoms with Crippen molar-refractivity contribution in [2.45, 2.75) is 85.0 Å². The summed E-state index contributed by atoms with van der Waals surface area (Å²) in [6.45, 7) is 15.1. The predicted octanol–water partition coefficient (Wildman–Crippen LogP) is 3.98. The van der Waals surface area contributed by atoms with Gasteiger partial charge in [-0.05, 0) is 71.6 Å². The fraction of sp³-hybridized carbons (Fsp3) is 0.667. The highest BCUT2D eigenvalue weighted by Gasteiger charge is 2.39. The first-order chi connectivity index (χ1) is 14.0. The lowest BCUT2D eigenvalue weighted by Crippen LogP contribution is -2.53. The van der Waals surface area contributed by atoms with Gasteiger partial charge < -0.3 is 19.9 Å². The van der Waals surface area contributed by atoms with E-state index in [1.807, 2.05) is 43.9 Å². The number of esters is 1. The third kappa shape index (κ3) is 5.15. The van der Waals surface area contributed by atoms with Crippen LogP contribution >= 0.6 is 0 Å². The van der Waals surface area contributed by atoms with Gasteiger partial charge in [-0.25, -0.2) is 4.79 Å². The first-order valence-corrected chi connectivity index (χ1v) is 11.2. The van der Waals surface area contributed by atoms with Gasteiger partial charge in [0, 0.05) is 18.6 Å². The Hall–Kier alpha value is -2.08. The molecule has 2 aliphatic rings. The molecule has 30 heavy (non-hydrogen) atoms. The maximum Gasteiger partial charge on any atom is 0.338 e. The molecule has 0 radical (unpaired) electrons. The molecule has 6 heteroatoms. The number of hydrogen-bond acceptors (Lipinski definition) is 5. The van der Waals surface area contributed by atoms with Crippen LogP contribution in [0.1, 0.15) is 71.7 Å². The van der Waals surface area contributed by atoms with E-state index in [1.165, 1.54) is 12.8 Å². The van der Waals surface area contributed by atoms with Gasteiger partial charge in [0.05, 0.1) is 29.5 Å². The minimum Gasteiger partial charge on any atom is -0.456 e. The molecule has 3 rings (SSSR count). The molecule has 1 aromatic rings. The van der Waals surface area contributed by atoms with E-state index >= 15 is 0 Å². The van der Waals surface area contributed by atoms with Crippen LogP contribution in [-0.4, -0.2) is 48.7 Å². The fourth-order valence-electron chi connectivity index (χ4n) is 3.81. The Morgan fingerprint density at radius 2 is 1.83 bits per heavy atom. The van der Waals surface area contributed by atoms with Gasteiger partial charge in [-0.1, -0.05) is 13.8 Å². The van der Waals surface area contributed by atoms with Crippen molar-refractivity contribution >= 4 is 23.3 Å². The van der Waals surface area contributed by atoms with Crippen LogP contribution < -0.4 is 15.1 Å². The maximum atomic E-state index is 13.2. The number of carbonyl (C=O) groups is 2. The summed E-state index contributed by atoms with van der Waals surface area (Å²) in [4.78, 5) is 30.2. The summed E-state index contributed by atoms with van der Waals surface area (Å²) in [5.41, 5.74) is 1.77. The van der Waals surface area contributed by atoms with Crippen molar-refractivity contribution in [3.63, 3.8) is 0 Å². The van der Waals surface area contributed by atoms with Crippen LogP contribution in [0, 0.1) is 5.92 Å². The minimum absolute atomic E-state index is 0.0352. The molecule has 1 aromatic carbocycles. The van der Waals surface area contributed by atoms with Crippen LogP contribution in [-0.2, 0) is 9.53 Å². The van der Waals surface area contributed by atoms with Crippen LogP contribution in [0.3, 0.4) is 0 Å². The minimum atomic E-state index is -0.563. The number of rotatable bonds is 6. The molecule has 0 spiro atoms. The van der Waals surface area contributed by atoms with Gasteiger partial charge in [-0.15, -0.1) is 0 Å². The molecule has 1 N–H and O–H groups in total. The third-order valence-corrected chi connectivity index (χ3v) is 5.91. The number of nitrogens with zero attached hydrogens (tertiary/aromatic N) is 2. The van der Waals surface area contributed by atoms with Crippen molar-refractivity contribution in [3.8, 4) is 0 Å². The van der Waals surface area contributed by atoms with Crippen molar-refractivity contribution in [1.29, 1.82) is 0 Å². The number of amides is 1. The molecule has 1 fully saturated rings. The summed E-state index contributed by atoms with van der Waals surface area (Å²) in [5.74, 6) is 0.126. The van der Waals surface area contributed by atoms with Crippen molar-refractivity contribution in [2.24, 2.45) is 5.92 Å². The second-order valence-electron chi connectivity index (χ2n) is 10.1. The zero-order valence-electron chi connectivity index (χ0n) is 19.5. The number of anilines is 2. The van der Waals surface area contributed by atoms with Gasteiger partial charge in [0.15, 0.2) is 0 Å². The van der Waals surface area contributed by atoms with Crippen LogP contribution in [0.15, 0.2) is 18.2 Å². The Morgan fingerprint density at radius 1 is 1.17 bits per heavy atom. The summed E-state index contributed by atoms with van der Waals surface area (Å²) in [7, 11) is 0. The monoisotopic (exact) mass is 415 g/mol. The lowest BCUT2D eigenvalue weighted by Gasteiger charge is -2.43. The Labute approximate surface area is 180 Å². The SMILES string of the molecule is CC(C)[C@H](C)NCC(=O)N1c2cc(C(=O)OC(C)(C)C)ccc2N(C2CC2)CC1C. The lowest BCUT2D eigenvalue weighted by atomic mass is 10.0. The van der Waals surface area contributed by atoms with Gasteiger partial charge in [0.1, 0.15) is 5.60 Å². The number of carbonyl (C=O) groups excluding carboxylic acids is 2. The van der Waals surface area contributed by atoms with Crippen molar-refractivity contribution in [1.82, 2.24) is 5.32 Å². The van der Waals surface area contributed by atoms with E-state index in [0.29, 0.717) is 17.5 Å². The van der Waals surface area contributed by atoms with E-state index in [2.05, 4.69) is 37.9 Å². The molecule has 1 heterocycles. The van der Waals surface area contributed by atoms with Crippen LogP contribution in [0.5, 0.6) is 0 Å². The Morgan fingerprint density at radius 3 is 2.40 bits per heavy atom. The second kappa shape index (κ2) is 8.58. The number of ether oxygens (including phenoxy) is 1. The van der Waals surface area contributed by atoms with Gasteiger partial charge in [-0.3, -0.25) is 4.79 Å². The summed E-state index contributed by atoms with van der Waals surface area (Å²) < 4.78 is 5.56. The van der Waals surface area contributed by atoms with Crippen molar-refractivity contribution in [2.75, 3.05) is 22.9 Å². The molecule has 2 atom stereocenters. The summed E-state index contributed by atoms with van der Waals surface area (Å²) >= 11 is 0. The molecule has 1 saturated carbocycles. The average molecular weight is 416 g/mol. The van der Waals surface area contributed by atoms with Crippen molar-refractivity contribution < 1.29 is 14.3 Å². The standard InChI is InChI=1S/C24H37N3O3/c1-15(2)17(4)25-13-22(28)27-16(3)14-26(19-9-10-19)20-11-8-18(12-21(20)27)23(29)30-24(5,6)7/h8,11-12,15-17,19,25H,9-10,13-14H2,1-7H3/t16?,17-/m0/s1. The van der Waals surface area contributed by atoms with E-state index in [1.54, 1.807) is 0 Å². The van der Waals surface area contributed by atoms with E-state index in [-0.39, 0.29) is 30.5 Å². The topological polar surface area (TPSA) is 61.9 Å². The smallest absolute Gasteiger partial charge is 0.338 e. The number of benzene rings is 1. The molecular formula is C24H37N3O3. The van der Waals surface area contributed by atoms with Gasteiger partial charge in [0.2, 0.25) is 5.91 Å². The first-order valence-electron chi connectivity index (χ1n) is 11.2. The zero-order chi connectivity index (χ0) is 22.2. The van der Waals surface area contributed by atoms with Gasteiger partial charge in [-0.2, -0.15) is 0 Å². The molecule has 166 valence electrons. The van der Waals surface area contributed by atoms with E-state index in [9.17, 15) is 9.59 Å². The molecule has 1 aliphatic carbocycles. The molecule has 6 nitrogen and oxygen atoms in total. The third-order valence-electron chi connectivity index (χ3n) is 5.91. The predicted molar refractivity (Wildman–Crippen MR) is 121 cm³/mol. The molecule has 0 aromatic heterocycles. The summed E-state index contributed by atoms with van der Waals surface area (Å²) in [6.07, 6.45) is 2.36. The normalized spacial score (nSPS) is 20.2. The summed E-state index contributed by atoms with van der Waals surface area (Å²) in [5, 5.41) is 3.35. The van der Waals surface area contributed by atoms with Crippen LogP contribution in [0.4, 0.5) is 11.4 Å². The molecule has 0 saturated heterocycles. The maximum absolute atomic E-state index is 13.2. The van der Waals surface area contributed by atoms with Gasteiger partial charge >= 0.3 is 5.97 Å². The van der Waals surface area contributed by atoms with E-state index < -0.39 is 5.60 Å². The second-order valence-corrected chi connectivity index (χ2v) is 10.1. The Kier molecular flexibility index (Phi) is 6.46. The fourth-order valence-corrected chi connectivity index (χ4v) is 3.81. The Bertz CT molecular complexity index is 795. The van der Waals surface area contributed by atoms with Crippen LogP contribution in [0.25, 0.3) is 0 Å². The molecule has 1 aliphatic heterocycles. The average Bonchev–Trinajstić information content (AvgIpc) is 3.48. The highest BCUT2D eigenvalue weighted by Crippen LogP contribution is 2.42. The zero-order valence-corrected chi connectivity index (χ0v) is 19.5. The molecule has 1 amide bonds. The highest BCUT2D eigenvalue weighted by atomic mass is 16.6. The molecule has 0 bridgehead atoms. The van der Waals surface area contributed by atoms with Gasteiger partial charge in [0.25, 0.3) is 0 Å². The Balaban J connectivity index is 1.91. The molecule has 1 unspecified atom stereocenters. The lowest BCUT2D eigenvalue weighted by molar-refractivity contribution is -0.118. The summed E-state index contributed by atoms with van der Waals surface area (Å²) in [6, 6.07) is 6.46. The largest absolute Gasteiger partial charge is 0.456 e. The van der Waals surface area contributed by atoms with E-state index in [0.717, 1.165) is 17.9 Å². The first kappa shape index (κ1) is 22.6. The number of nitrogens with one attached hydrogen (secondary N) is 1. The number of hydrogen-bond donors (Lipinski definition) is 1. The highest BCUT2D eigenvalue weighted by molar-refractivity contribution is 6.02. The quantitative estimate of drug-likeness (QED) is 0.712. The molecular weight excluding hydrogens is 378 g/mol. The number of fused-ring (bicyclic) bond motifs is 1. The van der Waals surface area contributed by atoms with Crippen molar-refractivity contribution in [3.05, 3.63) is 23.8 Å². The van der Waals surface area contributed by atoms with E-state index in [4.69, 9.17) is 4.74 Å². The van der Waals surface area contributed by atoms with Crippen LogP contribution in [0.2, 0.25) is 0 Å².